The fourth-order valence-corrected chi connectivity index (χ4v) is 4.85. The molecule has 2 aromatic rings. The third kappa shape index (κ3) is 5.06. The molecule has 1 fully saturated rings. The first kappa shape index (κ1) is 20.7. The molecule has 1 amide bonds. The summed E-state index contributed by atoms with van der Waals surface area (Å²) in [5.41, 5.74) is 0.739. The Labute approximate surface area is 167 Å². The summed E-state index contributed by atoms with van der Waals surface area (Å²) in [4.78, 5) is 12.5. The zero-order valence-electron chi connectivity index (χ0n) is 14.9. The van der Waals surface area contributed by atoms with Crippen molar-refractivity contribution in [1.29, 1.82) is 0 Å². The zero-order valence-corrected chi connectivity index (χ0v) is 16.4. The van der Waals surface area contributed by atoms with Crippen LogP contribution in [0.4, 0.5) is 14.5 Å². The van der Waals surface area contributed by atoms with Crippen LogP contribution in [0, 0.1) is 17.6 Å². The van der Waals surface area contributed by atoms with E-state index < -0.39 is 33.5 Å². The first-order valence-corrected chi connectivity index (χ1v) is 10.7. The van der Waals surface area contributed by atoms with Crippen molar-refractivity contribution in [2.75, 3.05) is 18.4 Å². The summed E-state index contributed by atoms with van der Waals surface area (Å²) < 4.78 is 53.0. The normalized spacial score (nSPS) is 18.0. The van der Waals surface area contributed by atoms with E-state index >= 15 is 0 Å². The standard InChI is InChI=1S/C19H19ClF2N2O3S/c20-15-5-3-13(4-6-15)12-28(26,27)24-9-1-2-14(11-24)19(25)23-16-7-8-17(21)18(22)10-16/h3-8,10,14H,1-2,9,11-12H2,(H,23,25). The summed E-state index contributed by atoms with van der Waals surface area (Å²) in [6, 6.07) is 9.63. The first-order chi connectivity index (χ1) is 13.2. The molecule has 0 radical (unpaired) electrons. The first-order valence-electron chi connectivity index (χ1n) is 8.73. The Morgan fingerprint density at radius 2 is 1.86 bits per heavy atom. The number of sulfonamides is 1. The molecule has 1 N–H and O–H groups in total. The Kier molecular flexibility index (Phi) is 6.32. The van der Waals surface area contributed by atoms with E-state index in [0.717, 1.165) is 12.1 Å². The van der Waals surface area contributed by atoms with Gasteiger partial charge in [-0.15, -0.1) is 0 Å². The minimum Gasteiger partial charge on any atom is -0.326 e. The van der Waals surface area contributed by atoms with Gasteiger partial charge in [-0.1, -0.05) is 23.7 Å². The number of carbonyl (C=O) groups excluding carboxylic acids is 1. The van der Waals surface area contributed by atoms with Crippen molar-refractivity contribution in [2.45, 2.75) is 18.6 Å². The van der Waals surface area contributed by atoms with Gasteiger partial charge >= 0.3 is 0 Å². The Morgan fingerprint density at radius 3 is 2.54 bits per heavy atom. The molecule has 1 saturated heterocycles. The monoisotopic (exact) mass is 428 g/mol. The van der Waals surface area contributed by atoms with Gasteiger partial charge in [0.2, 0.25) is 15.9 Å². The molecule has 28 heavy (non-hydrogen) atoms. The molecule has 0 saturated carbocycles. The number of rotatable bonds is 5. The Balaban J connectivity index is 1.66. The summed E-state index contributed by atoms with van der Waals surface area (Å²) >= 11 is 5.82. The molecule has 1 heterocycles. The van der Waals surface area contributed by atoms with Gasteiger partial charge in [0.05, 0.1) is 11.7 Å². The molecule has 1 unspecified atom stereocenters. The molecule has 1 aliphatic heterocycles. The Bertz CT molecular complexity index is 968. The van der Waals surface area contributed by atoms with Gasteiger partial charge in [-0.25, -0.2) is 21.5 Å². The molecule has 0 aromatic heterocycles. The van der Waals surface area contributed by atoms with Crippen molar-refractivity contribution in [2.24, 2.45) is 5.92 Å². The molecule has 1 aliphatic rings. The zero-order chi connectivity index (χ0) is 20.3. The number of nitrogens with one attached hydrogen (secondary N) is 1. The lowest BCUT2D eigenvalue weighted by Gasteiger charge is -2.31. The summed E-state index contributed by atoms with van der Waals surface area (Å²) in [6.45, 7) is 0.385. The second-order valence-corrected chi connectivity index (χ2v) is 9.10. The van der Waals surface area contributed by atoms with Crippen molar-refractivity contribution in [1.82, 2.24) is 4.31 Å². The van der Waals surface area contributed by atoms with Crippen molar-refractivity contribution >= 4 is 33.2 Å². The van der Waals surface area contributed by atoms with E-state index in [2.05, 4.69) is 5.32 Å². The molecule has 2 aromatic carbocycles. The van der Waals surface area contributed by atoms with Gasteiger partial charge in [-0.3, -0.25) is 4.79 Å². The second kappa shape index (κ2) is 8.55. The molecule has 5 nitrogen and oxygen atoms in total. The van der Waals surface area contributed by atoms with Crippen molar-refractivity contribution in [3.8, 4) is 0 Å². The highest BCUT2D eigenvalue weighted by Gasteiger charge is 2.32. The van der Waals surface area contributed by atoms with Gasteiger partial charge in [0.1, 0.15) is 0 Å². The van der Waals surface area contributed by atoms with Crippen LogP contribution in [-0.4, -0.2) is 31.7 Å². The molecular formula is C19H19ClF2N2O3S. The maximum Gasteiger partial charge on any atom is 0.228 e. The van der Waals surface area contributed by atoms with Gasteiger partial charge in [0.25, 0.3) is 0 Å². The van der Waals surface area contributed by atoms with Crippen LogP contribution < -0.4 is 5.32 Å². The maximum atomic E-state index is 13.3. The van der Waals surface area contributed by atoms with Crippen LogP contribution in [0.5, 0.6) is 0 Å². The predicted octanol–water partition coefficient (Wildman–Crippen LogP) is 3.80. The van der Waals surface area contributed by atoms with Crippen LogP contribution >= 0.6 is 11.6 Å². The molecule has 0 aliphatic carbocycles. The molecule has 9 heteroatoms. The highest BCUT2D eigenvalue weighted by molar-refractivity contribution is 7.88. The van der Waals surface area contributed by atoms with E-state index in [0.29, 0.717) is 30.0 Å². The smallest absolute Gasteiger partial charge is 0.228 e. The number of halogens is 3. The predicted molar refractivity (Wildman–Crippen MR) is 103 cm³/mol. The average Bonchev–Trinajstić information content (AvgIpc) is 2.66. The number of carbonyl (C=O) groups is 1. The lowest BCUT2D eigenvalue weighted by Crippen LogP contribution is -2.44. The summed E-state index contributed by atoms with van der Waals surface area (Å²) in [6.07, 6.45) is 1.05. The molecule has 150 valence electrons. The fraction of sp³-hybridized carbons (Fsp3) is 0.316. The number of nitrogens with zero attached hydrogens (tertiary/aromatic N) is 1. The van der Waals surface area contributed by atoms with E-state index in [1.54, 1.807) is 24.3 Å². The maximum absolute atomic E-state index is 13.3. The second-order valence-electron chi connectivity index (χ2n) is 6.70. The van der Waals surface area contributed by atoms with Gasteiger partial charge in [0.15, 0.2) is 11.6 Å². The van der Waals surface area contributed by atoms with Crippen LogP contribution in [0.1, 0.15) is 18.4 Å². The van der Waals surface area contributed by atoms with Crippen LogP contribution in [0.25, 0.3) is 0 Å². The largest absolute Gasteiger partial charge is 0.326 e. The topological polar surface area (TPSA) is 66.5 Å². The number of piperidine rings is 1. The van der Waals surface area contributed by atoms with E-state index in [9.17, 15) is 22.0 Å². The number of anilines is 1. The average molecular weight is 429 g/mol. The Hall–Kier alpha value is -2.03. The minimum absolute atomic E-state index is 0.0471. The number of amides is 1. The van der Waals surface area contributed by atoms with E-state index in [1.165, 1.54) is 10.4 Å². The number of hydrogen-bond donors (Lipinski definition) is 1. The SMILES string of the molecule is O=C(Nc1ccc(F)c(F)c1)C1CCCN(S(=O)(=O)Cc2ccc(Cl)cc2)C1. The van der Waals surface area contributed by atoms with E-state index in [1.807, 2.05) is 0 Å². The summed E-state index contributed by atoms with van der Waals surface area (Å²) in [5.74, 6) is -3.23. The van der Waals surface area contributed by atoms with E-state index in [4.69, 9.17) is 11.6 Å². The minimum atomic E-state index is -3.60. The number of hydrogen-bond acceptors (Lipinski definition) is 3. The molecular weight excluding hydrogens is 410 g/mol. The number of benzene rings is 2. The van der Waals surface area contributed by atoms with Crippen LogP contribution in [0.3, 0.4) is 0 Å². The molecule has 1 atom stereocenters. The van der Waals surface area contributed by atoms with Gasteiger partial charge in [-0.2, -0.15) is 0 Å². The molecule has 0 bridgehead atoms. The van der Waals surface area contributed by atoms with Gasteiger partial charge < -0.3 is 5.32 Å². The van der Waals surface area contributed by atoms with E-state index in [-0.39, 0.29) is 18.0 Å². The van der Waals surface area contributed by atoms with Crippen LogP contribution in [0.15, 0.2) is 42.5 Å². The fourth-order valence-electron chi connectivity index (χ4n) is 3.11. The van der Waals surface area contributed by atoms with Crippen LogP contribution in [0.2, 0.25) is 5.02 Å². The van der Waals surface area contributed by atoms with Crippen molar-refractivity contribution in [3.05, 3.63) is 64.7 Å². The van der Waals surface area contributed by atoms with Crippen LogP contribution in [-0.2, 0) is 20.6 Å². The third-order valence-electron chi connectivity index (χ3n) is 4.60. The quantitative estimate of drug-likeness (QED) is 0.787. The molecule has 3 rings (SSSR count). The summed E-state index contributed by atoms with van der Waals surface area (Å²) in [7, 11) is -3.60. The van der Waals surface area contributed by atoms with Crippen molar-refractivity contribution < 1.29 is 22.0 Å². The van der Waals surface area contributed by atoms with Gasteiger partial charge in [0, 0.05) is 29.9 Å². The highest BCUT2D eigenvalue weighted by Crippen LogP contribution is 2.24. The third-order valence-corrected chi connectivity index (χ3v) is 6.67. The Morgan fingerprint density at radius 1 is 1.14 bits per heavy atom. The molecule has 0 spiro atoms. The highest BCUT2D eigenvalue weighted by atomic mass is 35.5. The summed E-state index contributed by atoms with van der Waals surface area (Å²) in [5, 5.41) is 3.05. The lowest BCUT2D eigenvalue weighted by atomic mass is 9.98. The van der Waals surface area contributed by atoms with Gasteiger partial charge in [-0.05, 0) is 42.7 Å². The lowest BCUT2D eigenvalue weighted by molar-refractivity contribution is -0.120. The van der Waals surface area contributed by atoms with Crippen molar-refractivity contribution in [3.63, 3.8) is 0 Å².